The summed E-state index contributed by atoms with van der Waals surface area (Å²) in [5.41, 5.74) is 8.47. The van der Waals surface area contributed by atoms with Crippen molar-refractivity contribution in [1.82, 2.24) is 14.5 Å². The van der Waals surface area contributed by atoms with Crippen molar-refractivity contribution in [1.29, 1.82) is 0 Å². The molecule has 2 atom stereocenters. The summed E-state index contributed by atoms with van der Waals surface area (Å²) in [7, 11) is -4.33. The summed E-state index contributed by atoms with van der Waals surface area (Å²) < 4.78 is 70.2. The molecule has 0 saturated heterocycles. The van der Waals surface area contributed by atoms with Gasteiger partial charge >= 0.3 is 19.8 Å². The molecule has 472 valence electrons. The molecule has 0 spiro atoms. The van der Waals surface area contributed by atoms with E-state index in [9.17, 15) is 19.0 Å². The zero-order valence-electron chi connectivity index (χ0n) is 51.2. The Morgan fingerprint density at radius 1 is 0.512 bits per heavy atom. The maximum absolute atomic E-state index is 12.8. The monoisotopic (exact) mass is 1180 g/mol. The number of hydrogen-bond donors (Lipinski definition) is 2. The summed E-state index contributed by atoms with van der Waals surface area (Å²) >= 11 is 0. The number of phosphoric acid groups is 1. The van der Waals surface area contributed by atoms with Crippen molar-refractivity contribution in [2.45, 2.75) is 232 Å². The van der Waals surface area contributed by atoms with E-state index in [4.69, 9.17) is 57.7 Å². The molecule has 2 heterocycles. The van der Waals surface area contributed by atoms with E-state index in [1.165, 1.54) is 128 Å². The molecule has 1 aromatic carbocycles. The third-order valence-electron chi connectivity index (χ3n) is 14.4. The minimum absolute atomic E-state index is 0.0212. The van der Waals surface area contributed by atoms with Crippen molar-refractivity contribution in [2.24, 2.45) is 0 Å². The van der Waals surface area contributed by atoms with Gasteiger partial charge in [0, 0.05) is 31.2 Å². The number of aryl methyl sites for hydroxylation is 1. The van der Waals surface area contributed by atoms with Crippen LogP contribution in [0.25, 0.3) is 21.9 Å². The van der Waals surface area contributed by atoms with Gasteiger partial charge in [-0.25, -0.2) is 14.5 Å². The molecule has 0 amide bonds. The number of phosphoric ester groups is 1. The van der Waals surface area contributed by atoms with Crippen molar-refractivity contribution in [3.05, 3.63) is 30.1 Å². The largest absolute Gasteiger partial charge is 0.472 e. The predicted octanol–water partition coefficient (Wildman–Crippen LogP) is 14.2. The van der Waals surface area contributed by atoms with Gasteiger partial charge in [-0.2, -0.15) is 0 Å². The number of imidazole rings is 1. The minimum atomic E-state index is -4.33. The van der Waals surface area contributed by atoms with E-state index >= 15 is 0 Å². The van der Waals surface area contributed by atoms with E-state index < -0.39 is 13.9 Å². The molecule has 0 fully saturated rings. The van der Waals surface area contributed by atoms with Gasteiger partial charge in [0.1, 0.15) is 17.9 Å². The first-order chi connectivity index (χ1) is 40.2. The highest BCUT2D eigenvalue weighted by Crippen LogP contribution is 2.43. The number of esters is 2. The number of carbonyl (C=O) groups is 2. The summed E-state index contributed by atoms with van der Waals surface area (Å²) in [6.45, 7) is 10.4. The van der Waals surface area contributed by atoms with Crippen LogP contribution in [0.2, 0.25) is 0 Å². The number of unbranched alkanes of at least 4 members (excludes halogenated alkanes) is 25. The molecule has 82 heavy (non-hydrogen) atoms. The Balaban J connectivity index is 1.17. The molecule has 19 heteroatoms. The molecular formula is C63H111N4O14P. The van der Waals surface area contributed by atoms with Gasteiger partial charge in [0.15, 0.2) is 11.9 Å². The fraction of sp³-hybridized carbons (Fsp3) is 0.810. The molecule has 18 nitrogen and oxygen atoms in total. The summed E-state index contributed by atoms with van der Waals surface area (Å²) in [6, 6.07) is 7.69. The van der Waals surface area contributed by atoms with Crippen LogP contribution in [0.1, 0.15) is 219 Å². The van der Waals surface area contributed by atoms with Crippen molar-refractivity contribution >= 4 is 47.5 Å². The molecule has 3 rings (SSSR count). The number of aromatic nitrogens is 3. The molecule has 3 aromatic rings. The van der Waals surface area contributed by atoms with Crippen LogP contribution in [0.15, 0.2) is 24.3 Å². The lowest BCUT2D eigenvalue weighted by molar-refractivity contribution is -0.163. The van der Waals surface area contributed by atoms with Crippen molar-refractivity contribution in [3.8, 4) is 0 Å². The lowest BCUT2D eigenvalue weighted by Gasteiger charge is -2.18. The van der Waals surface area contributed by atoms with Crippen LogP contribution in [0.3, 0.4) is 0 Å². The molecule has 0 aliphatic carbocycles. The number of rotatable bonds is 59. The van der Waals surface area contributed by atoms with Gasteiger partial charge < -0.3 is 53.1 Å². The smallest absolute Gasteiger partial charge is 0.462 e. The molecule has 0 aliphatic rings. The number of fused-ring (bicyclic) bond motifs is 3. The highest BCUT2D eigenvalue weighted by molar-refractivity contribution is 7.47. The summed E-state index contributed by atoms with van der Waals surface area (Å²) in [5.74, 6) is 0.610. The molecule has 0 radical (unpaired) electrons. The second-order valence-corrected chi connectivity index (χ2v) is 23.0. The highest BCUT2D eigenvalue weighted by Gasteiger charge is 2.23. The zero-order valence-corrected chi connectivity index (χ0v) is 52.1. The number of nitrogen functional groups attached to an aromatic ring is 1. The van der Waals surface area contributed by atoms with Crippen molar-refractivity contribution in [3.63, 3.8) is 0 Å². The second kappa shape index (κ2) is 49.9. The number of ether oxygens (including phenoxy) is 8. The number of benzene rings is 1. The number of hydrogen-bond acceptors (Lipinski definition) is 16. The Morgan fingerprint density at radius 3 is 1.41 bits per heavy atom. The van der Waals surface area contributed by atoms with Crippen LogP contribution in [0, 0.1) is 0 Å². The van der Waals surface area contributed by atoms with E-state index in [0.717, 1.165) is 80.0 Å². The molecule has 3 N–H and O–H groups in total. The summed E-state index contributed by atoms with van der Waals surface area (Å²) in [6.07, 6.45) is 34.9. The molecule has 2 aromatic heterocycles. The van der Waals surface area contributed by atoms with Crippen molar-refractivity contribution < 1.29 is 66.0 Å². The summed E-state index contributed by atoms with van der Waals surface area (Å²) in [4.78, 5) is 45.1. The van der Waals surface area contributed by atoms with Gasteiger partial charge in [0.2, 0.25) is 0 Å². The first-order valence-electron chi connectivity index (χ1n) is 32.2. The first kappa shape index (κ1) is 73.0. The summed E-state index contributed by atoms with van der Waals surface area (Å²) in [5, 5.41) is 0.897. The Bertz CT molecular complexity index is 2080. The molecule has 0 aliphatic heterocycles. The topological polar surface area (TPSA) is 220 Å². The van der Waals surface area contributed by atoms with Crippen LogP contribution >= 0.6 is 7.82 Å². The van der Waals surface area contributed by atoms with Gasteiger partial charge in [0.25, 0.3) is 0 Å². The van der Waals surface area contributed by atoms with Crippen LogP contribution in [0.5, 0.6) is 0 Å². The number of nitrogens with zero attached hydrogens (tertiary/aromatic N) is 3. The van der Waals surface area contributed by atoms with E-state index in [1.54, 1.807) is 0 Å². The first-order valence-corrected chi connectivity index (χ1v) is 33.6. The van der Waals surface area contributed by atoms with E-state index in [1.807, 2.05) is 28.8 Å². The quantitative estimate of drug-likeness (QED) is 0.0305. The van der Waals surface area contributed by atoms with Crippen LogP contribution in [-0.4, -0.2) is 137 Å². The second-order valence-electron chi connectivity index (χ2n) is 21.5. The normalized spacial score (nSPS) is 12.9. The van der Waals surface area contributed by atoms with Crippen molar-refractivity contribution in [2.75, 3.05) is 105 Å². The van der Waals surface area contributed by atoms with Gasteiger partial charge in [-0.1, -0.05) is 199 Å². The predicted molar refractivity (Wildman–Crippen MR) is 326 cm³/mol. The minimum Gasteiger partial charge on any atom is -0.462 e. The lowest BCUT2D eigenvalue weighted by atomic mass is 10.0. The SMILES string of the molecule is CCCCCCCCCCCCCCCC(=O)OC[C@H](COCCOCCOCCOCCOCCOCCOP(=O)(O)OCCn1c(CCCC)nc2c(N)nc3ccccc3c21)OC(=O)CCCCCCCCCCCCCCC. The molecule has 0 bridgehead atoms. The Morgan fingerprint density at radius 2 is 0.927 bits per heavy atom. The van der Waals surface area contributed by atoms with E-state index in [2.05, 4.69) is 25.8 Å². The average molecular weight is 1180 g/mol. The zero-order chi connectivity index (χ0) is 58.8. The molecular weight excluding hydrogens is 1070 g/mol. The molecule has 1 unspecified atom stereocenters. The van der Waals surface area contributed by atoms with Crippen LogP contribution < -0.4 is 5.73 Å². The van der Waals surface area contributed by atoms with Gasteiger partial charge in [-0.3, -0.25) is 18.6 Å². The third kappa shape index (κ3) is 36.5. The number of pyridine rings is 1. The standard InChI is InChI=1S/C63H111N4O14P/c1-4-7-10-12-14-16-18-20-22-24-26-28-30-37-59(68)78-54-55(81-60(69)38-31-29-27-25-23-21-19-17-15-13-11-8-5-2)53-77-50-49-75-46-45-73-42-41-72-43-44-74-47-48-76-51-52-80-82(70,71)79-40-39-67-58(36-9-6-3)66-61-62(67)56-34-32-33-35-57(56)65-63(61)64/h32-35,55H,4-31,36-54H2,1-3H3,(H2,64,65)(H,70,71)/t55-/m0/s1. The molecule has 0 saturated carbocycles. The van der Waals surface area contributed by atoms with E-state index in [-0.39, 0.29) is 58.1 Å². The number of para-hydroxylation sites is 1. The lowest BCUT2D eigenvalue weighted by Crippen LogP contribution is -2.30. The number of carbonyl (C=O) groups excluding carboxylic acids is 2. The maximum atomic E-state index is 12.8. The highest BCUT2D eigenvalue weighted by atomic mass is 31.2. The number of anilines is 1. The Labute approximate surface area is 493 Å². The fourth-order valence-electron chi connectivity index (χ4n) is 9.68. The van der Waals surface area contributed by atoms with Gasteiger partial charge in [-0.05, 0) is 25.3 Å². The van der Waals surface area contributed by atoms with Crippen LogP contribution in [-0.2, 0) is 74.1 Å². The fourth-order valence-corrected chi connectivity index (χ4v) is 10.4. The Hall–Kier alpha value is -3.29. The number of nitrogens with two attached hydrogens (primary N) is 1. The van der Waals surface area contributed by atoms with E-state index in [0.29, 0.717) is 83.6 Å². The third-order valence-corrected chi connectivity index (χ3v) is 15.4. The Kier molecular flexibility index (Phi) is 44.4. The van der Waals surface area contributed by atoms with Gasteiger partial charge in [0.05, 0.1) is 104 Å². The van der Waals surface area contributed by atoms with Crippen LogP contribution in [0.4, 0.5) is 5.82 Å². The van der Waals surface area contributed by atoms with Gasteiger partial charge in [-0.15, -0.1) is 0 Å². The maximum Gasteiger partial charge on any atom is 0.472 e. The average Bonchev–Trinajstić information content (AvgIpc) is 2.83.